The zero-order valence-electron chi connectivity index (χ0n) is 25.2. The Kier molecular flexibility index (Phi) is 12.5. The molecule has 10 atom stereocenters. The fraction of sp³-hybridized carbons (Fsp3) is 0.552. The van der Waals surface area contributed by atoms with Crippen molar-refractivity contribution in [3.8, 4) is 11.5 Å². The number of nitrogens with one attached hydrogen (secondary N) is 2. The number of ether oxygens (including phenoxy) is 4. The van der Waals surface area contributed by atoms with Gasteiger partial charge in [-0.05, 0) is 30.7 Å². The van der Waals surface area contributed by atoms with Crippen LogP contribution in [0.5, 0.6) is 11.5 Å². The number of benzene rings is 2. The molecule has 1 unspecified atom stereocenters. The van der Waals surface area contributed by atoms with E-state index in [9.17, 15) is 54.1 Å². The summed E-state index contributed by atoms with van der Waals surface area (Å²) in [4.78, 5) is 11.4. The van der Waals surface area contributed by atoms with E-state index in [0.717, 1.165) is 12.5 Å². The normalized spacial score (nSPS) is 31.3. The van der Waals surface area contributed by atoms with Crippen molar-refractivity contribution in [2.45, 2.75) is 86.0 Å². The quantitative estimate of drug-likeness (QED) is 0.0990. The van der Waals surface area contributed by atoms with E-state index in [2.05, 4.69) is 10.0 Å². The van der Waals surface area contributed by atoms with E-state index >= 15 is 0 Å². The minimum Gasteiger partial charge on any atom is -0.478 e. The molecule has 0 spiro atoms. The highest BCUT2D eigenvalue weighted by atomic mass is 32.2. The maximum absolute atomic E-state index is 13.9. The molecule has 2 saturated heterocycles. The highest BCUT2D eigenvalue weighted by molar-refractivity contribution is 7.89. The molecule has 18 heteroatoms. The Morgan fingerprint density at radius 3 is 2.19 bits per heavy atom. The van der Waals surface area contributed by atoms with E-state index in [-0.39, 0.29) is 17.2 Å². The van der Waals surface area contributed by atoms with E-state index in [1.54, 1.807) is 30.3 Å². The Morgan fingerprint density at radius 1 is 0.894 bits per heavy atom. The van der Waals surface area contributed by atoms with Crippen molar-refractivity contribution in [3.05, 3.63) is 48.0 Å². The van der Waals surface area contributed by atoms with Crippen molar-refractivity contribution in [1.82, 2.24) is 4.72 Å². The van der Waals surface area contributed by atoms with Gasteiger partial charge in [0.1, 0.15) is 59.5 Å². The molecule has 0 aliphatic carbocycles. The number of para-hydroxylation sites is 1. The number of rotatable bonds is 14. The summed E-state index contributed by atoms with van der Waals surface area (Å²) in [7, 11) is -4.84. The van der Waals surface area contributed by atoms with Gasteiger partial charge in [0.05, 0.1) is 24.5 Å². The number of hydrogen-bond acceptors (Lipinski definition) is 15. The molecule has 262 valence electrons. The number of anilines is 1. The van der Waals surface area contributed by atoms with Gasteiger partial charge in [-0.25, -0.2) is 13.2 Å². The number of unbranched alkanes of at least 4 members (excludes halogenated alkanes) is 1. The lowest BCUT2D eigenvalue weighted by Gasteiger charge is -2.46. The van der Waals surface area contributed by atoms with Crippen molar-refractivity contribution < 1.29 is 73.0 Å². The van der Waals surface area contributed by atoms with Crippen molar-refractivity contribution in [3.63, 3.8) is 0 Å². The molecule has 10 N–H and O–H groups in total. The van der Waals surface area contributed by atoms with Gasteiger partial charge in [-0.2, -0.15) is 4.72 Å². The third-order valence-electron chi connectivity index (χ3n) is 7.68. The number of aliphatic hydroxyl groups excluding tert-OH is 7. The summed E-state index contributed by atoms with van der Waals surface area (Å²) in [6, 6.07) is 10.2. The van der Waals surface area contributed by atoms with E-state index in [4.69, 9.17) is 18.9 Å². The van der Waals surface area contributed by atoms with Gasteiger partial charge in [-0.1, -0.05) is 31.5 Å². The highest BCUT2D eigenvalue weighted by Crippen LogP contribution is 2.38. The maximum atomic E-state index is 13.9. The van der Waals surface area contributed by atoms with Gasteiger partial charge in [0.15, 0.2) is 18.3 Å². The highest BCUT2D eigenvalue weighted by Gasteiger charge is 2.51. The van der Waals surface area contributed by atoms with E-state index in [1.165, 1.54) is 6.07 Å². The molecule has 47 heavy (non-hydrogen) atoms. The van der Waals surface area contributed by atoms with Crippen molar-refractivity contribution in [2.75, 3.05) is 25.1 Å². The van der Waals surface area contributed by atoms with Gasteiger partial charge < -0.3 is 65.1 Å². The molecule has 2 aliphatic rings. The van der Waals surface area contributed by atoms with Gasteiger partial charge in [-0.3, -0.25) is 0 Å². The molecular weight excluding hydrogens is 648 g/mol. The molecule has 0 saturated carbocycles. The summed E-state index contributed by atoms with van der Waals surface area (Å²) < 4.78 is 52.2. The molecule has 0 aromatic heterocycles. The number of carboxylic acid groups (broad SMARTS) is 1. The van der Waals surface area contributed by atoms with Crippen LogP contribution >= 0.6 is 0 Å². The van der Waals surface area contributed by atoms with Crippen molar-refractivity contribution >= 4 is 21.7 Å². The van der Waals surface area contributed by atoms with Crippen molar-refractivity contribution in [1.29, 1.82) is 0 Å². The second-order valence-corrected chi connectivity index (χ2v) is 12.7. The van der Waals surface area contributed by atoms with Crippen LogP contribution in [0.3, 0.4) is 0 Å². The summed E-state index contributed by atoms with van der Waals surface area (Å²) in [5.41, 5.74) is -0.356. The Hall–Kier alpha value is -2.98. The van der Waals surface area contributed by atoms with Crippen LogP contribution in [0.25, 0.3) is 0 Å². The van der Waals surface area contributed by atoms with Crippen LogP contribution in [0, 0.1) is 0 Å². The molecule has 17 nitrogen and oxygen atoms in total. The number of aromatic carboxylic acids is 1. The monoisotopic (exact) mass is 688 g/mol. The summed E-state index contributed by atoms with van der Waals surface area (Å²) in [5, 5.41) is 84.6. The molecule has 2 fully saturated rings. The number of carbonyl (C=O) groups is 1. The fourth-order valence-electron chi connectivity index (χ4n) is 5.07. The van der Waals surface area contributed by atoms with Crippen molar-refractivity contribution in [2.24, 2.45) is 0 Å². The van der Waals surface area contributed by atoms with Crippen LogP contribution in [-0.4, -0.2) is 136 Å². The second kappa shape index (κ2) is 15.9. The average molecular weight is 689 g/mol. The predicted molar refractivity (Wildman–Crippen MR) is 160 cm³/mol. The molecule has 2 aliphatic heterocycles. The first-order valence-electron chi connectivity index (χ1n) is 14.8. The summed E-state index contributed by atoms with van der Waals surface area (Å²) >= 11 is 0. The SMILES string of the molecule is CCCCNc1cc(C(=O)O)cc(S(=O)(=O)NC2O[C@@H](CO)[C@H](O[C@H]3O[C@@H](CO)[C@@H](O)[C@H](O)[C@H]3O)[C@H](O)[C@H]2O)c1Oc1ccccc1. The van der Waals surface area contributed by atoms with E-state index in [1.807, 2.05) is 6.92 Å². The zero-order chi connectivity index (χ0) is 34.5. The molecule has 2 aromatic rings. The average Bonchev–Trinajstić information content (AvgIpc) is 3.05. The molecule has 0 bridgehead atoms. The van der Waals surface area contributed by atoms with Crippen LogP contribution < -0.4 is 14.8 Å². The van der Waals surface area contributed by atoms with E-state index in [0.29, 0.717) is 13.0 Å². The zero-order valence-corrected chi connectivity index (χ0v) is 26.0. The maximum Gasteiger partial charge on any atom is 0.335 e. The summed E-state index contributed by atoms with van der Waals surface area (Å²) in [6.07, 6.45) is -16.4. The van der Waals surface area contributed by atoms with Crippen LogP contribution in [0.15, 0.2) is 47.4 Å². The van der Waals surface area contributed by atoms with Crippen LogP contribution in [-0.2, 0) is 24.2 Å². The second-order valence-electron chi connectivity index (χ2n) is 11.0. The first-order valence-corrected chi connectivity index (χ1v) is 16.3. The Morgan fingerprint density at radius 2 is 1.57 bits per heavy atom. The predicted octanol–water partition coefficient (Wildman–Crippen LogP) is -1.71. The van der Waals surface area contributed by atoms with Gasteiger partial charge in [0.2, 0.25) is 10.0 Å². The lowest BCUT2D eigenvalue weighted by Crippen LogP contribution is -2.66. The topological polar surface area (TPSA) is 274 Å². The van der Waals surface area contributed by atoms with Crippen LogP contribution in [0.4, 0.5) is 5.69 Å². The third kappa shape index (κ3) is 8.37. The molecule has 2 heterocycles. The Bertz CT molecular complexity index is 1440. The minimum atomic E-state index is -4.84. The first kappa shape index (κ1) is 36.8. The Balaban J connectivity index is 1.64. The summed E-state index contributed by atoms with van der Waals surface area (Å²) in [5.74, 6) is -1.48. The Labute approximate surface area is 270 Å². The number of aliphatic hydroxyl groups is 7. The molecule has 4 rings (SSSR count). The minimum absolute atomic E-state index is 0.0500. The third-order valence-corrected chi connectivity index (χ3v) is 9.10. The fourth-order valence-corrected chi connectivity index (χ4v) is 6.38. The lowest BCUT2D eigenvalue weighted by atomic mass is 9.96. The smallest absolute Gasteiger partial charge is 0.335 e. The number of sulfonamides is 1. The van der Waals surface area contributed by atoms with Crippen LogP contribution in [0.2, 0.25) is 0 Å². The first-order chi connectivity index (χ1) is 22.3. The van der Waals surface area contributed by atoms with Gasteiger partial charge in [-0.15, -0.1) is 0 Å². The lowest BCUT2D eigenvalue weighted by molar-refractivity contribution is -0.342. The number of carboxylic acids is 1. The molecule has 0 radical (unpaired) electrons. The largest absolute Gasteiger partial charge is 0.478 e. The van der Waals surface area contributed by atoms with E-state index < -0.39 is 101 Å². The van der Waals surface area contributed by atoms with Gasteiger partial charge in [0.25, 0.3) is 0 Å². The number of hydrogen-bond donors (Lipinski definition) is 10. The van der Waals surface area contributed by atoms with Crippen LogP contribution in [0.1, 0.15) is 30.1 Å². The molecular formula is C29H40N2O15S. The molecule has 2 aromatic carbocycles. The summed E-state index contributed by atoms with van der Waals surface area (Å²) in [6.45, 7) is 0.591. The van der Waals surface area contributed by atoms with Gasteiger partial charge in [0, 0.05) is 6.54 Å². The standard InChI is InChI=1S/C29H40N2O15S/c1-2-3-9-30-16-10-14(28(39)40)11-19(25(16)43-15-7-5-4-6-8-15)47(41,42)31-27-23(37)22(36)26(18(13-33)44-27)46-29-24(38)21(35)20(34)17(12-32)45-29/h4-8,10-11,17-18,20-24,26-27,29-38H,2-3,9,12-13H2,1H3,(H,39,40)/t17-,18-,20+,21-,22+,23+,24+,26-,27?,29+/m0/s1. The molecule has 0 amide bonds. The van der Waals surface area contributed by atoms with Gasteiger partial charge >= 0.3 is 5.97 Å².